The van der Waals surface area contributed by atoms with Crippen LogP contribution >= 0.6 is 0 Å². The second kappa shape index (κ2) is 6.88. The fourth-order valence-electron chi connectivity index (χ4n) is 4.06. The van der Waals surface area contributed by atoms with Gasteiger partial charge < -0.3 is 15.5 Å². The minimum atomic E-state index is 0.315. The molecule has 3 aliphatic rings. The predicted molar refractivity (Wildman–Crippen MR) is 102 cm³/mol. The third-order valence-electron chi connectivity index (χ3n) is 5.66. The first-order valence-electron chi connectivity index (χ1n) is 9.82. The summed E-state index contributed by atoms with van der Waals surface area (Å²) in [5.74, 6) is 2.32. The summed E-state index contributed by atoms with van der Waals surface area (Å²) in [6.45, 7) is 3.36. The Hall–Kier alpha value is -2.54. The Bertz CT molecular complexity index is 851. The first-order valence-corrected chi connectivity index (χ1v) is 9.82. The summed E-state index contributed by atoms with van der Waals surface area (Å²) in [6.07, 6.45) is 7.45. The Morgan fingerprint density at radius 3 is 2.89 bits per heavy atom. The zero-order chi connectivity index (χ0) is 18.2. The third kappa shape index (κ3) is 3.39. The van der Waals surface area contributed by atoms with Gasteiger partial charge in [0, 0.05) is 61.5 Å². The molecule has 1 aliphatic carbocycles. The monoisotopic (exact) mass is 364 g/mol. The first-order chi connectivity index (χ1) is 13.3. The van der Waals surface area contributed by atoms with Crippen LogP contribution in [0, 0.1) is 5.92 Å². The van der Waals surface area contributed by atoms with E-state index in [1.165, 1.54) is 18.4 Å². The maximum Gasteiger partial charge on any atom is 0.223 e. The van der Waals surface area contributed by atoms with Crippen molar-refractivity contribution in [2.45, 2.75) is 38.3 Å². The molecule has 1 amide bonds. The third-order valence-corrected chi connectivity index (χ3v) is 5.66. The Morgan fingerprint density at radius 1 is 1.22 bits per heavy atom. The van der Waals surface area contributed by atoms with Gasteiger partial charge in [-0.3, -0.25) is 9.78 Å². The van der Waals surface area contributed by atoms with Crippen molar-refractivity contribution in [2.24, 2.45) is 5.92 Å². The lowest BCUT2D eigenvalue weighted by atomic mass is 10.1. The number of anilines is 1. The summed E-state index contributed by atoms with van der Waals surface area (Å²) in [5, 5.41) is 6.95. The summed E-state index contributed by atoms with van der Waals surface area (Å²) in [6, 6.07) is 4.38. The largest absolute Gasteiger partial charge is 0.369 e. The van der Waals surface area contributed by atoms with Crippen LogP contribution in [0.2, 0.25) is 0 Å². The van der Waals surface area contributed by atoms with Crippen molar-refractivity contribution in [1.29, 1.82) is 0 Å². The minimum absolute atomic E-state index is 0.315. The van der Waals surface area contributed by atoms with E-state index in [4.69, 9.17) is 9.97 Å². The lowest BCUT2D eigenvalue weighted by molar-refractivity contribution is -0.128. The molecule has 0 unspecified atom stereocenters. The second-order valence-electron chi connectivity index (χ2n) is 7.71. The molecular weight excluding hydrogens is 340 g/mol. The van der Waals surface area contributed by atoms with Crippen molar-refractivity contribution < 1.29 is 4.79 Å². The van der Waals surface area contributed by atoms with E-state index >= 15 is 0 Å². The quantitative estimate of drug-likeness (QED) is 0.839. The van der Waals surface area contributed by atoms with Crippen LogP contribution in [0.1, 0.15) is 30.5 Å². The number of aromatic nitrogens is 3. The maximum absolute atomic E-state index is 12.2. The topological polar surface area (TPSA) is 83.0 Å². The fourth-order valence-corrected chi connectivity index (χ4v) is 4.06. The molecule has 5 rings (SSSR count). The van der Waals surface area contributed by atoms with Gasteiger partial charge in [-0.25, -0.2) is 9.97 Å². The van der Waals surface area contributed by atoms with E-state index in [9.17, 15) is 4.79 Å². The van der Waals surface area contributed by atoms with Crippen molar-refractivity contribution in [3.63, 3.8) is 0 Å². The van der Waals surface area contributed by atoms with Gasteiger partial charge in [0.15, 0.2) is 5.82 Å². The van der Waals surface area contributed by atoms with E-state index in [0.717, 1.165) is 55.5 Å². The highest BCUT2D eigenvalue weighted by Gasteiger charge is 2.39. The number of nitrogens with zero attached hydrogens (tertiary/aromatic N) is 4. The summed E-state index contributed by atoms with van der Waals surface area (Å²) in [5.41, 5.74) is 3.24. The molecule has 1 atom stereocenters. The van der Waals surface area contributed by atoms with E-state index in [-0.39, 0.29) is 0 Å². The van der Waals surface area contributed by atoms with Gasteiger partial charge in [-0.1, -0.05) is 0 Å². The van der Waals surface area contributed by atoms with Gasteiger partial charge >= 0.3 is 0 Å². The van der Waals surface area contributed by atoms with Crippen LogP contribution in [0.5, 0.6) is 0 Å². The van der Waals surface area contributed by atoms with Crippen LogP contribution in [-0.2, 0) is 17.8 Å². The Kier molecular flexibility index (Phi) is 4.24. The first kappa shape index (κ1) is 16.6. The molecule has 1 saturated carbocycles. The number of likely N-dealkylation sites (tertiary alicyclic amines) is 1. The highest BCUT2D eigenvalue weighted by atomic mass is 16.2. The number of carbonyl (C=O) groups excluding carboxylic acids is 1. The molecule has 4 heterocycles. The van der Waals surface area contributed by atoms with Crippen LogP contribution in [0.25, 0.3) is 11.4 Å². The van der Waals surface area contributed by atoms with Gasteiger partial charge in [0.05, 0.1) is 5.69 Å². The molecule has 140 valence electrons. The Labute approximate surface area is 158 Å². The number of pyridine rings is 1. The molecular formula is C20H24N6O. The van der Waals surface area contributed by atoms with Crippen molar-refractivity contribution in [3.05, 3.63) is 35.8 Å². The van der Waals surface area contributed by atoms with Crippen molar-refractivity contribution >= 4 is 11.7 Å². The highest BCUT2D eigenvalue weighted by molar-refractivity contribution is 5.79. The SMILES string of the molecule is O=C1C[C@@H](CNc2nc(-c3ccncc3)nc3c2CCNC3)CN1C1CC1. The van der Waals surface area contributed by atoms with Gasteiger partial charge in [0.2, 0.25) is 5.91 Å². The number of hydrogen-bond acceptors (Lipinski definition) is 6. The lowest BCUT2D eigenvalue weighted by Crippen LogP contribution is -2.29. The molecule has 0 bridgehead atoms. The van der Waals surface area contributed by atoms with Gasteiger partial charge in [0.1, 0.15) is 5.82 Å². The average Bonchev–Trinajstić information content (AvgIpc) is 3.49. The molecule has 27 heavy (non-hydrogen) atoms. The molecule has 7 nitrogen and oxygen atoms in total. The molecule has 7 heteroatoms. The number of carbonyl (C=O) groups is 1. The van der Waals surface area contributed by atoms with Crippen molar-refractivity contribution in [2.75, 3.05) is 25.0 Å². The van der Waals surface area contributed by atoms with E-state index in [0.29, 0.717) is 24.3 Å². The molecule has 2 aromatic rings. The molecule has 2 fully saturated rings. The zero-order valence-electron chi connectivity index (χ0n) is 15.3. The van der Waals surface area contributed by atoms with E-state index in [1.54, 1.807) is 12.4 Å². The summed E-state index contributed by atoms with van der Waals surface area (Å²) in [7, 11) is 0. The van der Waals surface area contributed by atoms with Crippen LogP contribution < -0.4 is 10.6 Å². The van der Waals surface area contributed by atoms with Gasteiger partial charge in [-0.2, -0.15) is 0 Å². The van der Waals surface area contributed by atoms with Crippen molar-refractivity contribution in [1.82, 2.24) is 25.2 Å². The Morgan fingerprint density at radius 2 is 2.07 bits per heavy atom. The number of hydrogen-bond donors (Lipinski definition) is 2. The average molecular weight is 364 g/mol. The summed E-state index contributed by atoms with van der Waals surface area (Å²) < 4.78 is 0. The standard InChI is InChI=1S/C20H24N6O/c27-18-9-13(12-26(18)15-1-2-15)10-23-20-16-5-8-22-11-17(16)24-19(25-20)14-3-6-21-7-4-14/h3-4,6-7,13,15,22H,1-2,5,8-12H2,(H,23,24,25)/t13-/m0/s1. The molecule has 1 saturated heterocycles. The van der Waals surface area contributed by atoms with Crippen molar-refractivity contribution in [3.8, 4) is 11.4 Å². The molecule has 0 spiro atoms. The summed E-state index contributed by atoms with van der Waals surface area (Å²) >= 11 is 0. The molecule has 0 radical (unpaired) electrons. The lowest BCUT2D eigenvalue weighted by Gasteiger charge is -2.22. The molecule has 2 N–H and O–H groups in total. The van der Waals surface area contributed by atoms with E-state index in [2.05, 4.69) is 20.5 Å². The van der Waals surface area contributed by atoms with Gasteiger partial charge in [-0.15, -0.1) is 0 Å². The molecule has 2 aromatic heterocycles. The zero-order valence-corrected chi connectivity index (χ0v) is 15.3. The number of nitrogens with one attached hydrogen (secondary N) is 2. The second-order valence-corrected chi connectivity index (χ2v) is 7.71. The van der Waals surface area contributed by atoms with E-state index < -0.39 is 0 Å². The van der Waals surface area contributed by atoms with Crippen LogP contribution in [-0.4, -0.2) is 51.4 Å². The maximum atomic E-state index is 12.2. The predicted octanol–water partition coefficient (Wildman–Crippen LogP) is 1.61. The normalized spacial score (nSPS) is 22.0. The molecule has 2 aliphatic heterocycles. The molecule has 0 aromatic carbocycles. The number of fused-ring (bicyclic) bond motifs is 1. The van der Waals surface area contributed by atoms with Gasteiger partial charge in [-0.05, 0) is 37.9 Å². The van der Waals surface area contributed by atoms with Crippen LogP contribution in [0.4, 0.5) is 5.82 Å². The smallest absolute Gasteiger partial charge is 0.223 e. The number of rotatable bonds is 5. The van der Waals surface area contributed by atoms with Gasteiger partial charge in [0.25, 0.3) is 0 Å². The van der Waals surface area contributed by atoms with Crippen LogP contribution in [0.15, 0.2) is 24.5 Å². The van der Waals surface area contributed by atoms with Crippen LogP contribution in [0.3, 0.4) is 0 Å². The number of amides is 1. The minimum Gasteiger partial charge on any atom is -0.369 e. The fraction of sp³-hybridized carbons (Fsp3) is 0.500. The Balaban J connectivity index is 1.37. The highest BCUT2D eigenvalue weighted by Crippen LogP contribution is 2.33. The van der Waals surface area contributed by atoms with E-state index in [1.807, 2.05) is 12.1 Å². The summed E-state index contributed by atoms with van der Waals surface area (Å²) in [4.78, 5) is 28.0.